The molecule has 1 saturated heterocycles. The summed E-state index contributed by atoms with van der Waals surface area (Å²) in [6.45, 7) is -1.34. The molecule has 10 heteroatoms. The second-order valence-corrected chi connectivity index (χ2v) is 8.00. The molecule has 0 radical (unpaired) electrons. The van der Waals surface area contributed by atoms with Crippen LogP contribution in [0.2, 0.25) is 0 Å². The number of allylic oxidation sites excluding steroid dienone is 3. The maximum atomic E-state index is 13.5. The van der Waals surface area contributed by atoms with Crippen LogP contribution in [-0.2, 0) is 9.59 Å². The van der Waals surface area contributed by atoms with Crippen molar-refractivity contribution in [1.29, 1.82) is 0 Å². The topological polar surface area (TPSA) is 58.6 Å². The van der Waals surface area contributed by atoms with E-state index in [0.717, 1.165) is 6.08 Å². The number of piperidine rings is 1. The van der Waals surface area contributed by atoms with Crippen LogP contribution in [-0.4, -0.2) is 42.6 Å². The van der Waals surface area contributed by atoms with Crippen LogP contribution in [0.3, 0.4) is 0 Å². The quantitative estimate of drug-likeness (QED) is 0.647. The Kier molecular flexibility index (Phi) is 6.90. The molecular weight excluding hydrogens is 435 g/mol. The lowest BCUT2D eigenvalue weighted by Gasteiger charge is -2.41. The number of anilines is 1. The molecule has 1 aromatic carbocycles. The molecule has 0 aromatic heterocycles. The van der Waals surface area contributed by atoms with Gasteiger partial charge in [-0.05, 0) is 44.0 Å². The smallest absolute Gasteiger partial charge is 0.396 e. The minimum absolute atomic E-state index is 0.0397. The summed E-state index contributed by atoms with van der Waals surface area (Å²) in [5.74, 6) is -3.30. The van der Waals surface area contributed by atoms with E-state index in [1.54, 1.807) is 0 Å². The number of halogens is 5. The molecule has 1 aromatic rings. The first-order chi connectivity index (χ1) is 15.0. The van der Waals surface area contributed by atoms with Crippen molar-refractivity contribution in [3.63, 3.8) is 0 Å². The van der Waals surface area contributed by atoms with Crippen LogP contribution in [0.15, 0.2) is 48.6 Å². The van der Waals surface area contributed by atoms with E-state index in [-0.39, 0.29) is 24.7 Å². The summed E-state index contributed by atoms with van der Waals surface area (Å²) in [5.41, 5.74) is -1.33. The summed E-state index contributed by atoms with van der Waals surface area (Å²) in [7, 11) is 0. The Morgan fingerprint density at radius 1 is 1.12 bits per heavy atom. The number of amides is 2. The Balaban J connectivity index is 1.57. The van der Waals surface area contributed by atoms with Gasteiger partial charge < -0.3 is 15.0 Å². The lowest BCUT2D eigenvalue weighted by molar-refractivity contribution is -0.191. The van der Waals surface area contributed by atoms with E-state index in [4.69, 9.17) is 0 Å². The van der Waals surface area contributed by atoms with Crippen molar-refractivity contribution >= 4 is 17.5 Å². The van der Waals surface area contributed by atoms with Crippen molar-refractivity contribution in [3.05, 3.63) is 48.6 Å². The molecule has 0 bridgehead atoms. The zero-order valence-corrected chi connectivity index (χ0v) is 17.2. The van der Waals surface area contributed by atoms with E-state index in [1.165, 1.54) is 54.3 Å². The lowest BCUT2D eigenvalue weighted by atomic mass is 9.72. The summed E-state index contributed by atoms with van der Waals surface area (Å²) in [6.07, 6.45) is 1.06. The second kappa shape index (κ2) is 9.30. The fourth-order valence-electron chi connectivity index (χ4n) is 4.04. The van der Waals surface area contributed by atoms with E-state index < -0.39 is 35.9 Å². The molecule has 2 amide bonds. The summed E-state index contributed by atoms with van der Waals surface area (Å²) >= 11 is 0. The summed E-state index contributed by atoms with van der Waals surface area (Å²) in [5, 5.41) is 2.68. The Morgan fingerprint density at radius 2 is 1.75 bits per heavy atom. The third kappa shape index (κ3) is 5.28. The van der Waals surface area contributed by atoms with Gasteiger partial charge in [0.15, 0.2) is 0 Å². The molecule has 2 aliphatic rings. The largest absolute Gasteiger partial charge is 0.435 e. The zero-order valence-electron chi connectivity index (χ0n) is 17.2. The molecule has 3 rings (SSSR count). The molecule has 1 N–H and O–H groups in total. The van der Waals surface area contributed by atoms with E-state index in [0.29, 0.717) is 18.5 Å². The van der Waals surface area contributed by atoms with E-state index in [9.17, 15) is 31.5 Å². The number of nitrogens with zero attached hydrogens (tertiary/aromatic N) is 1. The molecule has 0 spiro atoms. The van der Waals surface area contributed by atoms with Gasteiger partial charge in [0.2, 0.25) is 11.8 Å². The first kappa shape index (κ1) is 23.7. The maximum Gasteiger partial charge on any atom is 0.396 e. The van der Waals surface area contributed by atoms with Crippen LogP contribution >= 0.6 is 0 Å². The highest BCUT2D eigenvalue weighted by Gasteiger charge is 2.54. The third-order valence-corrected chi connectivity index (χ3v) is 5.82. The predicted octanol–water partition coefficient (Wildman–Crippen LogP) is 4.78. The van der Waals surface area contributed by atoms with Crippen LogP contribution in [0.25, 0.3) is 0 Å². The van der Waals surface area contributed by atoms with Crippen molar-refractivity contribution in [3.8, 4) is 5.75 Å². The van der Waals surface area contributed by atoms with Gasteiger partial charge in [0, 0.05) is 24.7 Å². The standard InChI is InChI=1S/C22H23F5N2O3/c1-21(11-3-2-4-17(21)22(25,26)27)19(31)29-12-9-14(10-13-29)18(30)28-15-5-7-16(8-6-15)32-20(23)24/h2-8,11,14,17,20H,9-10,12-13H2,1H3,(H,28,30). The first-order valence-corrected chi connectivity index (χ1v) is 10.1. The fourth-order valence-corrected chi connectivity index (χ4v) is 4.04. The first-order valence-electron chi connectivity index (χ1n) is 10.1. The van der Waals surface area contributed by atoms with Gasteiger partial charge >= 0.3 is 12.8 Å². The van der Waals surface area contributed by atoms with Crippen LogP contribution < -0.4 is 10.1 Å². The Hall–Kier alpha value is -2.91. The average Bonchev–Trinajstić information content (AvgIpc) is 2.74. The lowest BCUT2D eigenvalue weighted by Crippen LogP contribution is -2.52. The number of hydrogen-bond acceptors (Lipinski definition) is 3. The predicted molar refractivity (Wildman–Crippen MR) is 107 cm³/mol. The third-order valence-electron chi connectivity index (χ3n) is 5.82. The molecule has 1 fully saturated rings. The van der Waals surface area contributed by atoms with Crippen molar-refractivity contribution in [2.75, 3.05) is 18.4 Å². The number of carbonyl (C=O) groups is 2. The van der Waals surface area contributed by atoms with Crippen LogP contribution in [0.5, 0.6) is 5.75 Å². The average molecular weight is 458 g/mol. The van der Waals surface area contributed by atoms with E-state index >= 15 is 0 Å². The molecule has 174 valence electrons. The fraction of sp³-hybridized carbons (Fsp3) is 0.455. The number of hydrogen-bond donors (Lipinski definition) is 1. The molecule has 32 heavy (non-hydrogen) atoms. The Bertz CT molecular complexity index is 890. The molecule has 0 saturated carbocycles. The summed E-state index contributed by atoms with van der Waals surface area (Å²) < 4.78 is 69.1. The minimum atomic E-state index is -4.56. The molecular formula is C22H23F5N2O3. The number of ether oxygens (including phenoxy) is 1. The number of likely N-dealkylation sites (tertiary alicyclic amines) is 1. The van der Waals surface area contributed by atoms with E-state index in [1.807, 2.05) is 0 Å². The molecule has 2 unspecified atom stereocenters. The maximum absolute atomic E-state index is 13.5. The minimum Gasteiger partial charge on any atom is -0.435 e. The molecule has 2 atom stereocenters. The van der Waals surface area contributed by atoms with Crippen molar-refractivity contribution < 1.29 is 36.3 Å². The Morgan fingerprint density at radius 3 is 2.31 bits per heavy atom. The van der Waals surface area contributed by atoms with Crippen molar-refractivity contribution in [2.45, 2.75) is 32.6 Å². The van der Waals surface area contributed by atoms with Crippen LogP contribution in [0.1, 0.15) is 19.8 Å². The molecule has 5 nitrogen and oxygen atoms in total. The zero-order chi connectivity index (χ0) is 23.5. The highest BCUT2D eigenvalue weighted by molar-refractivity contribution is 5.93. The number of nitrogens with one attached hydrogen (secondary N) is 1. The SMILES string of the molecule is CC1(C(=O)N2CCC(C(=O)Nc3ccc(OC(F)F)cc3)CC2)C=CC=CC1C(F)(F)F. The van der Waals surface area contributed by atoms with Crippen molar-refractivity contribution in [1.82, 2.24) is 4.90 Å². The number of carbonyl (C=O) groups excluding carboxylic acids is 2. The Labute approximate surface area is 181 Å². The highest BCUT2D eigenvalue weighted by Crippen LogP contribution is 2.45. The van der Waals surface area contributed by atoms with Crippen LogP contribution in [0.4, 0.5) is 27.6 Å². The van der Waals surface area contributed by atoms with Crippen molar-refractivity contribution in [2.24, 2.45) is 17.3 Å². The van der Waals surface area contributed by atoms with Gasteiger partial charge in [-0.25, -0.2) is 0 Å². The van der Waals surface area contributed by atoms with E-state index in [2.05, 4.69) is 10.1 Å². The number of rotatable bonds is 5. The number of benzene rings is 1. The number of alkyl halides is 5. The van der Waals surface area contributed by atoms with Gasteiger partial charge in [0.05, 0.1) is 11.3 Å². The van der Waals surface area contributed by atoms with Gasteiger partial charge in [-0.1, -0.05) is 24.3 Å². The summed E-state index contributed by atoms with van der Waals surface area (Å²) in [4.78, 5) is 26.9. The molecule has 1 aliphatic carbocycles. The molecule has 1 heterocycles. The van der Waals surface area contributed by atoms with Gasteiger partial charge in [0.25, 0.3) is 0 Å². The monoisotopic (exact) mass is 458 g/mol. The highest BCUT2D eigenvalue weighted by atomic mass is 19.4. The van der Waals surface area contributed by atoms with Gasteiger partial charge in [-0.15, -0.1) is 0 Å². The summed E-state index contributed by atoms with van der Waals surface area (Å²) in [6, 6.07) is 5.45. The second-order valence-electron chi connectivity index (χ2n) is 8.00. The van der Waals surface area contributed by atoms with Gasteiger partial charge in [-0.2, -0.15) is 22.0 Å². The molecule has 1 aliphatic heterocycles. The van der Waals surface area contributed by atoms with Crippen LogP contribution in [0, 0.1) is 17.3 Å². The normalized spacial score (nSPS) is 24.0. The van der Waals surface area contributed by atoms with Gasteiger partial charge in [0.1, 0.15) is 5.75 Å². The van der Waals surface area contributed by atoms with Gasteiger partial charge in [-0.3, -0.25) is 9.59 Å².